The molecule has 596 valence electrons. The highest BCUT2D eigenvalue weighted by molar-refractivity contribution is 5.68. The second kappa shape index (κ2) is 28.4. The summed E-state index contributed by atoms with van der Waals surface area (Å²) in [6, 6.07) is 69.6. The average molecular weight is 1610 g/mol. The van der Waals surface area contributed by atoms with Gasteiger partial charge in [-0.25, -0.2) is 0 Å². The Hall–Kier alpha value is -17.0. The second-order valence-electron chi connectivity index (χ2n) is 33.3. The maximum absolute atomic E-state index is 4.06. The van der Waals surface area contributed by atoms with E-state index in [1.165, 1.54) is 0 Å². The van der Waals surface area contributed by atoms with Crippen LogP contribution >= 0.6 is 0 Å². The number of rotatable bonds is 8. The van der Waals surface area contributed by atoms with Gasteiger partial charge in [0.15, 0.2) is 0 Å². The molecule has 5 aliphatic rings. The molecule has 0 saturated heterocycles. The molecular formula is C104H80N20. The first-order valence-corrected chi connectivity index (χ1v) is 41.9. The summed E-state index contributed by atoms with van der Waals surface area (Å²) in [5, 5.41) is 19.8. The third-order valence-corrected chi connectivity index (χ3v) is 24.1. The van der Waals surface area contributed by atoms with E-state index in [2.05, 4.69) is 415 Å². The molecule has 0 saturated carbocycles. The monoisotopic (exact) mass is 1610 g/mol. The molecule has 20 nitrogen and oxygen atoms in total. The summed E-state index contributed by atoms with van der Waals surface area (Å²) < 4.78 is 0. The van der Waals surface area contributed by atoms with E-state index in [1.54, 1.807) is 0 Å². The number of aromatic amines is 20. The number of aromatic nitrogens is 20. The minimum atomic E-state index is 0.585. The van der Waals surface area contributed by atoms with Gasteiger partial charge in [0, 0.05) is 247 Å². The molecule has 0 amide bonds. The average Bonchev–Trinajstić information content (AvgIpc) is 1.63. The Morgan fingerprint density at radius 1 is 0.113 bits per heavy atom. The number of H-pyrrole nitrogens is 20. The van der Waals surface area contributed by atoms with E-state index in [0.717, 1.165) is 265 Å². The summed E-state index contributed by atoms with van der Waals surface area (Å²) in [4.78, 5) is 75.5. The topological polar surface area (TPSA) is 316 Å². The molecule has 20 aromatic rings. The quantitative estimate of drug-likeness (QED) is 0.105. The largest absolute Gasteiger partial charge is 0.355 e. The Labute approximate surface area is 702 Å². The lowest BCUT2D eigenvalue weighted by molar-refractivity contribution is 1.14. The third kappa shape index (κ3) is 14.2. The van der Waals surface area contributed by atoms with Crippen LogP contribution in [0.15, 0.2) is 194 Å². The van der Waals surface area contributed by atoms with Crippen LogP contribution in [-0.4, -0.2) is 99.7 Å². The minimum Gasteiger partial charge on any atom is -0.355 e. The lowest BCUT2D eigenvalue weighted by Gasteiger charge is -1.99. The third-order valence-electron chi connectivity index (χ3n) is 24.1. The predicted octanol–water partition coefficient (Wildman–Crippen LogP) is 2.75. The molecule has 25 rings (SSSR count). The number of fused-ring (bicyclic) bond motifs is 40. The van der Waals surface area contributed by atoms with Crippen LogP contribution in [0.2, 0.25) is 0 Å². The van der Waals surface area contributed by atoms with Gasteiger partial charge >= 0.3 is 0 Å². The molecule has 20 heteroatoms. The number of nitrogens with one attached hydrogen (secondary N) is 20. The molecule has 20 aromatic heterocycles. The van der Waals surface area contributed by atoms with Crippen LogP contribution in [0, 0.1) is 0 Å². The van der Waals surface area contributed by atoms with E-state index in [4.69, 9.17) is 0 Å². The fraction of sp³-hybridized carbons (Fsp3) is 0.0385. The summed E-state index contributed by atoms with van der Waals surface area (Å²) >= 11 is 0. The van der Waals surface area contributed by atoms with Crippen molar-refractivity contribution in [3.05, 3.63) is 459 Å². The van der Waals surface area contributed by atoms with Crippen LogP contribution in [0.5, 0.6) is 0 Å². The second-order valence-corrected chi connectivity index (χ2v) is 33.3. The standard InChI is InChI=1S/C104H80N20/c1-5-69-41-77-17-21-85(113-77)49-97-57(29-89(117-97)45-81-13-9-73(109-81)37-65(1)105-69)25-61-33-93-54-102-63(27-59-31-91-47-83-15-11-75(111-83)39-67-3-7-71(107-67)43-79-19-23-87(115-79)51-99(59)119-91)35-95(123-102)56-104-64(28-60-32-92-48-84-16-12-76(112-84)40-68-4-8-72(108-68)44-80-20-24-88(116-80)52-100(60)120-92)36-96(124-104)55-103-62(34-94(122-103)53-101(61)121-93)26-58-30-90-46-82-14-10-74(110-82)38-66-2-6-70(106-66)42-78-18-22-86(114-78)50-98(58)118-90/h1-24,29-56,105-124H,25-28H2. The maximum Gasteiger partial charge on any atom is 0.0441 e. The van der Waals surface area contributed by atoms with Gasteiger partial charge in [-0.3, -0.25) is 0 Å². The van der Waals surface area contributed by atoms with Crippen molar-refractivity contribution in [1.82, 2.24) is 99.7 Å². The van der Waals surface area contributed by atoms with Gasteiger partial charge in [0.05, 0.1) is 0 Å². The van der Waals surface area contributed by atoms with Gasteiger partial charge < -0.3 is 99.7 Å². The van der Waals surface area contributed by atoms with E-state index in [1.807, 2.05) is 0 Å². The molecule has 0 unspecified atom stereocenters. The van der Waals surface area contributed by atoms with E-state index in [9.17, 15) is 0 Å². The van der Waals surface area contributed by atoms with Crippen molar-refractivity contribution in [2.75, 3.05) is 0 Å². The molecule has 0 radical (unpaired) electrons. The summed E-state index contributed by atoms with van der Waals surface area (Å²) in [7, 11) is 0. The molecule has 40 bridgehead atoms. The number of hydrogen-bond donors (Lipinski definition) is 20. The first-order chi connectivity index (χ1) is 60.9. The lowest BCUT2D eigenvalue weighted by atomic mass is 10.0. The maximum atomic E-state index is 4.06. The Kier molecular flexibility index (Phi) is 16.0. The highest BCUT2D eigenvalue weighted by Crippen LogP contribution is 2.24. The van der Waals surface area contributed by atoms with Crippen molar-refractivity contribution >= 4 is 122 Å². The van der Waals surface area contributed by atoms with Gasteiger partial charge in [0.2, 0.25) is 0 Å². The fourth-order valence-corrected chi connectivity index (χ4v) is 18.4. The molecule has 25 heterocycles. The number of hydrogen-bond acceptors (Lipinski definition) is 0. The highest BCUT2D eigenvalue weighted by Gasteiger charge is 2.19. The molecular weight excluding hydrogens is 1530 g/mol. The van der Waals surface area contributed by atoms with Crippen molar-refractivity contribution in [1.29, 1.82) is 0 Å². The Bertz CT molecular complexity index is 8660. The van der Waals surface area contributed by atoms with Crippen molar-refractivity contribution in [3.63, 3.8) is 0 Å². The van der Waals surface area contributed by atoms with Crippen molar-refractivity contribution in [2.24, 2.45) is 0 Å². The van der Waals surface area contributed by atoms with Gasteiger partial charge in [0.25, 0.3) is 0 Å². The molecule has 124 heavy (non-hydrogen) atoms. The molecule has 0 atom stereocenters. The zero-order valence-corrected chi connectivity index (χ0v) is 66.9. The predicted molar refractivity (Wildman–Crippen MR) is 491 cm³/mol. The van der Waals surface area contributed by atoms with E-state index in [-0.39, 0.29) is 0 Å². The summed E-state index contributed by atoms with van der Waals surface area (Å²) in [6.45, 7) is 0. The molecule has 5 aliphatic heterocycles. The SMILES string of the molecule is C1=c2ccc([nH]2)=Cc2ccc([nH]2)C=c2[nH]c(cc2Cc2cc3[nH]c2C=c2cc(Cc4cc5[nH]c4C=c4ccc([nH]4)=Cc4ccc([nH]4)C=c4ccc([nH]4)=C5)c([nH]2)=Cc2cc(Cc4cc5[nH]c4=Cc4ccc([nH]4)C=c4ccc([nH]4)=Cc4ccc([nH]4)C=5)c([nH]2)C=c2cc(Cc4cc5[nH]c4C=c4ccc([nH]4)=Cc4ccc([nH]4)C=c4ccc([nH]4)=C5)c([nH]2)=C3)=Cc2ccc1[nH]2. The smallest absolute Gasteiger partial charge is 0.0441 e. The summed E-state index contributed by atoms with van der Waals surface area (Å²) in [5.41, 5.74) is 28.8. The summed E-state index contributed by atoms with van der Waals surface area (Å²) in [5.74, 6) is 0. The molecule has 20 N–H and O–H groups in total. The van der Waals surface area contributed by atoms with Gasteiger partial charge in [-0.1, -0.05) is 0 Å². The van der Waals surface area contributed by atoms with E-state index in [0.29, 0.717) is 25.7 Å². The molecule has 0 aliphatic carbocycles. The van der Waals surface area contributed by atoms with Crippen LogP contribution in [0.3, 0.4) is 0 Å². The normalized spacial score (nSPS) is 13.3. The fourth-order valence-electron chi connectivity index (χ4n) is 18.4. The van der Waals surface area contributed by atoms with E-state index < -0.39 is 0 Å². The van der Waals surface area contributed by atoms with Crippen LogP contribution in [-0.2, 0) is 25.7 Å². The van der Waals surface area contributed by atoms with Crippen LogP contribution in [0.1, 0.15) is 158 Å². The zero-order valence-electron chi connectivity index (χ0n) is 66.9. The van der Waals surface area contributed by atoms with Crippen molar-refractivity contribution in [2.45, 2.75) is 25.7 Å². The van der Waals surface area contributed by atoms with Crippen molar-refractivity contribution in [3.8, 4) is 0 Å². The first kappa shape index (κ1) is 70.1. The van der Waals surface area contributed by atoms with Gasteiger partial charge in [-0.2, -0.15) is 0 Å². The Morgan fingerprint density at radius 2 is 0.274 bits per heavy atom. The molecule has 0 fully saturated rings. The lowest BCUT2D eigenvalue weighted by Crippen LogP contribution is -2.14. The van der Waals surface area contributed by atoms with Crippen LogP contribution < -0.4 is 107 Å². The Morgan fingerprint density at radius 3 is 0.500 bits per heavy atom. The van der Waals surface area contributed by atoms with E-state index >= 15 is 0 Å². The van der Waals surface area contributed by atoms with Crippen molar-refractivity contribution < 1.29 is 0 Å². The highest BCUT2D eigenvalue weighted by atomic mass is 14.8. The first-order valence-electron chi connectivity index (χ1n) is 41.9. The van der Waals surface area contributed by atoms with Crippen LogP contribution in [0.4, 0.5) is 0 Å². The zero-order chi connectivity index (χ0) is 81.5. The van der Waals surface area contributed by atoms with Gasteiger partial charge in [-0.05, 0) is 360 Å². The van der Waals surface area contributed by atoms with Gasteiger partial charge in [-0.15, -0.1) is 0 Å². The van der Waals surface area contributed by atoms with Gasteiger partial charge in [0.1, 0.15) is 0 Å². The molecule has 0 aromatic carbocycles. The summed E-state index contributed by atoms with van der Waals surface area (Å²) in [6.07, 6.45) is 46.4. The van der Waals surface area contributed by atoms with Crippen LogP contribution in [0.25, 0.3) is 122 Å². The minimum absolute atomic E-state index is 0.585. The Balaban J connectivity index is 0.689. The molecule has 0 spiro atoms.